The van der Waals surface area contributed by atoms with Crippen molar-refractivity contribution in [2.24, 2.45) is 7.05 Å². The van der Waals surface area contributed by atoms with Crippen molar-refractivity contribution in [2.75, 3.05) is 19.0 Å². The summed E-state index contributed by atoms with van der Waals surface area (Å²) in [5.74, 6) is 0.0213. The summed E-state index contributed by atoms with van der Waals surface area (Å²) in [5.41, 5.74) is 2.59. The number of benzene rings is 1. The highest BCUT2D eigenvalue weighted by Gasteiger charge is 2.19. The third kappa shape index (κ3) is 2.41. The lowest BCUT2D eigenvalue weighted by Crippen LogP contribution is -2.31. The van der Waals surface area contributed by atoms with Gasteiger partial charge in [0.25, 0.3) is 11.8 Å². The molecule has 1 aliphatic rings. The van der Waals surface area contributed by atoms with Crippen LogP contribution in [0.15, 0.2) is 24.4 Å². The number of nitrogens with zero attached hydrogens (tertiary/aromatic N) is 2. The first kappa shape index (κ1) is 14.1. The first-order chi connectivity index (χ1) is 10.6. The summed E-state index contributed by atoms with van der Waals surface area (Å²) in [4.78, 5) is 24.0. The lowest BCUT2D eigenvalue weighted by molar-refractivity contribution is 0.0945. The third-order valence-electron chi connectivity index (χ3n) is 3.61. The molecule has 7 nitrogen and oxygen atoms in total. The van der Waals surface area contributed by atoms with Crippen molar-refractivity contribution in [3.63, 3.8) is 0 Å². The van der Waals surface area contributed by atoms with E-state index in [0.717, 1.165) is 12.0 Å². The van der Waals surface area contributed by atoms with Gasteiger partial charge >= 0.3 is 0 Å². The molecule has 7 heteroatoms. The van der Waals surface area contributed by atoms with E-state index in [-0.39, 0.29) is 11.8 Å². The summed E-state index contributed by atoms with van der Waals surface area (Å²) in [7, 11) is 3.19. The number of ether oxygens (including phenoxy) is 1. The molecule has 2 heterocycles. The molecule has 0 fully saturated rings. The molecule has 0 radical (unpaired) electrons. The number of carbonyl (C=O) groups excluding carboxylic acids is 2. The molecule has 2 aromatic rings. The van der Waals surface area contributed by atoms with Crippen molar-refractivity contribution in [1.29, 1.82) is 0 Å². The zero-order valence-electron chi connectivity index (χ0n) is 12.3. The second-order valence-corrected chi connectivity index (χ2v) is 5.02. The molecule has 0 aliphatic carbocycles. The van der Waals surface area contributed by atoms with Crippen molar-refractivity contribution in [1.82, 2.24) is 15.1 Å². The number of aryl methyl sites for hydroxylation is 1. The van der Waals surface area contributed by atoms with Gasteiger partial charge in [-0.25, -0.2) is 4.68 Å². The fourth-order valence-corrected chi connectivity index (χ4v) is 2.53. The van der Waals surface area contributed by atoms with Gasteiger partial charge < -0.3 is 15.4 Å². The molecule has 0 saturated heterocycles. The van der Waals surface area contributed by atoms with Crippen molar-refractivity contribution in [3.05, 3.63) is 41.1 Å². The summed E-state index contributed by atoms with van der Waals surface area (Å²) in [5, 5.41) is 9.60. The maximum absolute atomic E-state index is 12.3. The van der Waals surface area contributed by atoms with Gasteiger partial charge in [0.1, 0.15) is 5.56 Å². The molecule has 1 aromatic carbocycles. The third-order valence-corrected chi connectivity index (χ3v) is 3.61. The SMILES string of the molecule is COc1c(C(=O)Nc2ccc3c(c2)CCNC3=O)cnn1C. The molecule has 0 spiro atoms. The lowest BCUT2D eigenvalue weighted by atomic mass is 10.00. The Kier molecular flexibility index (Phi) is 3.54. The Morgan fingerprint density at radius 3 is 3.05 bits per heavy atom. The van der Waals surface area contributed by atoms with E-state index in [2.05, 4.69) is 15.7 Å². The number of amides is 2. The van der Waals surface area contributed by atoms with Crippen LogP contribution in [-0.2, 0) is 13.5 Å². The molecule has 0 unspecified atom stereocenters. The fourth-order valence-electron chi connectivity index (χ4n) is 2.53. The number of anilines is 1. The highest BCUT2D eigenvalue weighted by Crippen LogP contribution is 2.22. The van der Waals surface area contributed by atoms with Crippen LogP contribution in [0.25, 0.3) is 0 Å². The maximum atomic E-state index is 12.3. The van der Waals surface area contributed by atoms with Crippen molar-refractivity contribution in [3.8, 4) is 5.88 Å². The molecular weight excluding hydrogens is 284 g/mol. The quantitative estimate of drug-likeness (QED) is 0.884. The average Bonchev–Trinajstić information content (AvgIpc) is 2.88. The molecule has 3 rings (SSSR count). The topological polar surface area (TPSA) is 85.2 Å². The second kappa shape index (κ2) is 5.51. The van der Waals surface area contributed by atoms with Crippen molar-refractivity contribution >= 4 is 17.5 Å². The number of nitrogens with one attached hydrogen (secondary N) is 2. The summed E-state index contributed by atoms with van der Waals surface area (Å²) in [6.07, 6.45) is 2.21. The van der Waals surface area contributed by atoms with E-state index < -0.39 is 0 Å². The smallest absolute Gasteiger partial charge is 0.262 e. The summed E-state index contributed by atoms with van der Waals surface area (Å²) in [6, 6.07) is 5.26. The zero-order chi connectivity index (χ0) is 15.7. The molecule has 0 bridgehead atoms. The molecule has 2 amide bonds. The number of aromatic nitrogens is 2. The van der Waals surface area contributed by atoms with Gasteiger partial charge in [0.15, 0.2) is 0 Å². The molecular formula is C15H16N4O3. The minimum absolute atomic E-state index is 0.0759. The Balaban J connectivity index is 1.84. The summed E-state index contributed by atoms with van der Waals surface area (Å²) in [6.45, 7) is 0.611. The van der Waals surface area contributed by atoms with E-state index in [9.17, 15) is 9.59 Å². The highest BCUT2D eigenvalue weighted by atomic mass is 16.5. The van der Waals surface area contributed by atoms with Crippen LogP contribution in [0.4, 0.5) is 5.69 Å². The molecule has 22 heavy (non-hydrogen) atoms. The predicted octanol–water partition coefficient (Wildman–Crippen LogP) is 0.967. The van der Waals surface area contributed by atoms with Crippen LogP contribution in [0.2, 0.25) is 0 Å². The first-order valence-corrected chi connectivity index (χ1v) is 6.88. The van der Waals surface area contributed by atoms with E-state index in [0.29, 0.717) is 29.2 Å². The lowest BCUT2D eigenvalue weighted by Gasteiger charge is -2.17. The van der Waals surface area contributed by atoms with E-state index in [4.69, 9.17) is 4.74 Å². The Morgan fingerprint density at radius 2 is 2.27 bits per heavy atom. The molecule has 2 N–H and O–H groups in total. The van der Waals surface area contributed by atoms with Crippen LogP contribution in [-0.4, -0.2) is 35.2 Å². The van der Waals surface area contributed by atoms with E-state index in [1.165, 1.54) is 18.0 Å². The van der Waals surface area contributed by atoms with Gasteiger partial charge in [-0.3, -0.25) is 9.59 Å². The molecule has 1 aliphatic heterocycles. The Hall–Kier alpha value is -2.83. The minimum Gasteiger partial charge on any atom is -0.481 e. The Morgan fingerprint density at radius 1 is 1.45 bits per heavy atom. The van der Waals surface area contributed by atoms with Gasteiger partial charge in [-0.15, -0.1) is 0 Å². The number of hydrogen-bond acceptors (Lipinski definition) is 4. The minimum atomic E-state index is -0.301. The van der Waals surface area contributed by atoms with Gasteiger partial charge in [0.05, 0.1) is 13.3 Å². The van der Waals surface area contributed by atoms with Crippen LogP contribution >= 0.6 is 0 Å². The van der Waals surface area contributed by atoms with Gasteiger partial charge in [-0.1, -0.05) is 0 Å². The van der Waals surface area contributed by atoms with E-state index in [1.807, 2.05) is 6.07 Å². The number of methoxy groups -OCH3 is 1. The van der Waals surface area contributed by atoms with Gasteiger partial charge in [-0.05, 0) is 30.2 Å². The van der Waals surface area contributed by atoms with Gasteiger partial charge in [0.2, 0.25) is 5.88 Å². The fraction of sp³-hybridized carbons (Fsp3) is 0.267. The second-order valence-electron chi connectivity index (χ2n) is 5.02. The van der Waals surface area contributed by atoms with Crippen LogP contribution in [0.5, 0.6) is 5.88 Å². The van der Waals surface area contributed by atoms with Crippen molar-refractivity contribution < 1.29 is 14.3 Å². The predicted molar refractivity (Wildman–Crippen MR) is 80.2 cm³/mol. The summed E-state index contributed by atoms with van der Waals surface area (Å²) < 4.78 is 6.66. The van der Waals surface area contributed by atoms with Crippen LogP contribution in [0, 0.1) is 0 Å². The maximum Gasteiger partial charge on any atom is 0.262 e. The van der Waals surface area contributed by atoms with Crippen molar-refractivity contribution in [2.45, 2.75) is 6.42 Å². The molecule has 1 aromatic heterocycles. The molecule has 0 atom stereocenters. The summed E-state index contributed by atoms with van der Waals surface area (Å²) >= 11 is 0. The van der Waals surface area contributed by atoms with E-state index >= 15 is 0 Å². The van der Waals surface area contributed by atoms with Crippen LogP contribution < -0.4 is 15.4 Å². The number of rotatable bonds is 3. The van der Waals surface area contributed by atoms with Gasteiger partial charge in [0, 0.05) is 24.8 Å². The zero-order valence-corrected chi connectivity index (χ0v) is 12.3. The van der Waals surface area contributed by atoms with Gasteiger partial charge in [-0.2, -0.15) is 5.10 Å². The largest absolute Gasteiger partial charge is 0.481 e. The number of hydrogen-bond donors (Lipinski definition) is 2. The standard InChI is InChI=1S/C15H16N4O3/c1-19-15(22-2)12(8-17-19)14(21)18-10-3-4-11-9(7-10)5-6-16-13(11)20/h3-4,7-8H,5-6H2,1-2H3,(H,16,20)(H,18,21). The Bertz CT molecular complexity index is 751. The first-order valence-electron chi connectivity index (χ1n) is 6.88. The Labute approximate surface area is 127 Å². The molecule has 0 saturated carbocycles. The highest BCUT2D eigenvalue weighted by molar-refractivity contribution is 6.06. The average molecular weight is 300 g/mol. The normalized spacial score (nSPS) is 13.3. The molecule has 114 valence electrons. The van der Waals surface area contributed by atoms with Crippen LogP contribution in [0.3, 0.4) is 0 Å². The number of carbonyl (C=O) groups is 2. The van der Waals surface area contributed by atoms with E-state index in [1.54, 1.807) is 19.2 Å². The van der Waals surface area contributed by atoms with Crippen LogP contribution in [0.1, 0.15) is 26.3 Å². The number of fused-ring (bicyclic) bond motifs is 1. The monoisotopic (exact) mass is 300 g/mol.